The maximum Gasteiger partial charge on any atom is 0.292 e. The largest absolute Gasteiger partial charge is 0.367 e. The molecule has 0 unspecified atom stereocenters. The number of nitrogens with zero attached hydrogens (tertiary/aromatic N) is 5. The molecule has 0 saturated carbocycles. The molecule has 3 aromatic rings. The molecule has 1 fully saturated rings. The number of anilines is 2. The average Bonchev–Trinajstić information content (AvgIpc) is 3.28. The van der Waals surface area contributed by atoms with Gasteiger partial charge in [0.1, 0.15) is 10.4 Å². The Morgan fingerprint density at radius 1 is 1.17 bits per heavy atom. The van der Waals surface area contributed by atoms with Crippen molar-refractivity contribution in [2.45, 2.75) is 19.8 Å². The molecule has 0 aromatic carbocycles. The summed E-state index contributed by atoms with van der Waals surface area (Å²) in [5, 5.41) is 4.81. The molecular weight excluding hydrogens is 400 g/mol. The molecule has 4 rings (SSSR count). The predicted octanol–water partition coefficient (Wildman–Crippen LogP) is 2.25. The van der Waals surface area contributed by atoms with Gasteiger partial charge >= 0.3 is 0 Å². The van der Waals surface area contributed by atoms with E-state index < -0.39 is 0 Å². The fraction of sp³-hybridized carbons (Fsp3) is 0.429. The van der Waals surface area contributed by atoms with Crippen molar-refractivity contribution in [1.82, 2.24) is 19.9 Å². The maximum absolute atomic E-state index is 12.3. The zero-order chi connectivity index (χ0) is 21.1. The van der Waals surface area contributed by atoms with Gasteiger partial charge in [-0.1, -0.05) is 13.3 Å². The summed E-state index contributed by atoms with van der Waals surface area (Å²) in [6.45, 7) is 5.87. The first-order chi connectivity index (χ1) is 14.6. The van der Waals surface area contributed by atoms with Gasteiger partial charge in [0, 0.05) is 39.8 Å². The van der Waals surface area contributed by atoms with Crippen LogP contribution in [0.3, 0.4) is 0 Å². The number of carbonyl (C=O) groups is 1. The third-order valence-corrected chi connectivity index (χ3v) is 6.32. The lowest BCUT2D eigenvalue weighted by Gasteiger charge is -2.37. The van der Waals surface area contributed by atoms with Crippen molar-refractivity contribution in [2.24, 2.45) is 7.05 Å². The van der Waals surface area contributed by atoms with Crippen LogP contribution >= 0.6 is 11.3 Å². The van der Waals surface area contributed by atoms with Crippen LogP contribution < -0.4 is 20.7 Å². The van der Waals surface area contributed by atoms with Gasteiger partial charge in [-0.2, -0.15) is 4.98 Å². The molecular formula is C21H26N6O2S. The number of piperazine rings is 1. The lowest BCUT2D eigenvalue weighted by molar-refractivity contribution is 0.0948. The fourth-order valence-electron chi connectivity index (χ4n) is 3.68. The van der Waals surface area contributed by atoms with E-state index >= 15 is 0 Å². The molecule has 1 amide bonds. The number of fused-ring (bicyclic) bond motifs is 1. The summed E-state index contributed by atoms with van der Waals surface area (Å²) in [7, 11) is 1.96. The van der Waals surface area contributed by atoms with E-state index in [0.717, 1.165) is 50.2 Å². The van der Waals surface area contributed by atoms with Gasteiger partial charge in [-0.25, -0.2) is 4.98 Å². The van der Waals surface area contributed by atoms with Crippen molar-refractivity contribution < 1.29 is 4.79 Å². The molecule has 4 heterocycles. The van der Waals surface area contributed by atoms with Crippen molar-refractivity contribution in [3.8, 4) is 0 Å². The fourth-order valence-corrected chi connectivity index (χ4v) is 4.48. The number of nitrogens with one attached hydrogen (secondary N) is 1. The van der Waals surface area contributed by atoms with Crippen LogP contribution in [-0.4, -0.2) is 53.2 Å². The highest BCUT2D eigenvalue weighted by molar-refractivity contribution is 7.17. The molecule has 1 N–H and O–H groups in total. The number of carbonyl (C=O) groups excluding carboxylic acids is 1. The van der Waals surface area contributed by atoms with Crippen LogP contribution in [0.25, 0.3) is 10.2 Å². The Bertz CT molecular complexity index is 1080. The van der Waals surface area contributed by atoms with Crippen molar-refractivity contribution >= 4 is 39.1 Å². The number of aromatic nitrogens is 3. The van der Waals surface area contributed by atoms with E-state index in [4.69, 9.17) is 0 Å². The molecule has 8 nitrogen and oxygen atoms in total. The van der Waals surface area contributed by atoms with Crippen LogP contribution in [0.4, 0.5) is 11.6 Å². The number of rotatable bonds is 6. The number of hydrogen-bond acceptors (Lipinski definition) is 7. The van der Waals surface area contributed by atoms with Crippen molar-refractivity contribution in [2.75, 3.05) is 42.5 Å². The second kappa shape index (κ2) is 8.83. The summed E-state index contributed by atoms with van der Waals surface area (Å²) < 4.78 is 2.70. The predicted molar refractivity (Wildman–Crippen MR) is 121 cm³/mol. The Balaban J connectivity index is 1.41. The van der Waals surface area contributed by atoms with Gasteiger partial charge in [0.2, 0.25) is 5.95 Å². The molecule has 158 valence electrons. The molecule has 0 radical (unpaired) electrons. The Kier molecular flexibility index (Phi) is 5.98. The summed E-state index contributed by atoms with van der Waals surface area (Å²) in [6, 6.07) is 5.69. The summed E-state index contributed by atoms with van der Waals surface area (Å²) in [6.07, 6.45) is 3.77. The van der Waals surface area contributed by atoms with Crippen molar-refractivity contribution in [3.63, 3.8) is 0 Å². The number of hydrogen-bond donors (Lipinski definition) is 1. The Hall–Kier alpha value is -2.94. The number of unbranched alkanes of at least 4 members (excludes halogenated alkanes) is 1. The molecule has 1 aliphatic rings. The molecule has 3 aromatic heterocycles. The summed E-state index contributed by atoms with van der Waals surface area (Å²) in [5.41, 5.74) is 2.20. The maximum atomic E-state index is 12.3. The van der Waals surface area contributed by atoms with E-state index in [1.165, 1.54) is 11.3 Å². The molecule has 0 spiro atoms. The van der Waals surface area contributed by atoms with Crippen molar-refractivity contribution in [3.05, 3.63) is 45.8 Å². The van der Waals surface area contributed by atoms with E-state index in [1.807, 2.05) is 29.1 Å². The van der Waals surface area contributed by atoms with Gasteiger partial charge in [0.15, 0.2) is 0 Å². The Morgan fingerprint density at radius 2 is 1.93 bits per heavy atom. The monoisotopic (exact) mass is 426 g/mol. The van der Waals surface area contributed by atoms with Crippen LogP contribution in [0.5, 0.6) is 0 Å². The van der Waals surface area contributed by atoms with Gasteiger partial charge in [0.05, 0.1) is 17.4 Å². The smallest absolute Gasteiger partial charge is 0.292 e. The number of pyridine rings is 1. The van der Waals surface area contributed by atoms with Gasteiger partial charge in [-0.3, -0.25) is 9.59 Å². The first kappa shape index (κ1) is 20.3. The van der Waals surface area contributed by atoms with Crippen LogP contribution in [0.15, 0.2) is 34.6 Å². The third-order valence-electron chi connectivity index (χ3n) is 5.43. The second-order valence-corrected chi connectivity index (χ2v) is 8.31. The first-order valence-electron chi connectivity index (χ1n) is 10.3. The third kappa shape index (κ3) is 4.02. The summed E-state index contributed by atoms with van der Waals surface area (Å²) >= 11 is 1.43. The number of thiophene rings is 1. The highest BCUT2D eigenvalue weighted by atomic mass is 32.1. The Morgan fingerprint density at radius 3 is 2.63 bits per heavy atom. The number of amides is 1. The van der Waals surface area contributed by atoms with E-state index in [1.54, 1.807) is 12.3 Å². The molecule has 0 atom stereocenters. The van der Waals surface area contributed by atoms with Gasteiger partial charge in [-0.15, -0.1) is 11.3 Å². The topological polar surface area (TPSA) is 83.4 Å². The summed E-state index contributed by atoms with van der Waals surface area (Å²) in [4.78, 5) is 37.5. The average molecular weight is 427 g/mol. The van der Waals surface area contributed by atoms with E-state index in [0.29, 0.717) is 22.9 Å². The van der Waals surface area contributed by atoms with Crippen molar-refractivity contribution in [1.29, 1.82) is 0 Å². The highest BCUT2D eigenvalue weighted by Gasteiger charge is 2.22. The molecule has 0 bridgehead atoms. The quantitative estimate of drug-likeness (QED) is 0.609. The summed E-state index contributed by atoms with van der Waals surface area (Å²) in [5.74, 6) is 0.582. The normalized spacial score (nSPS) is 14.3. The molecule has 9 heteroatoms. The van der Waals surface area contributed by atoms with Gasteiger partial charge in [0.25, 0.3) is 11.5 Å². The minimum Gasteiger partial charge on any atom is -0.367 e. The van der Waals surface area contributed by atoms with Crippen LogP contribution in [0, 0.1) is 0 Å². The minimum absolute atomic E-state index is 0.129. The number of aryl methyl sites for hydroxylation is 1. The molecule has 30 heavy (non-hydrogen) atoms. The van der Waals surface area contributed by atoms with Gasteiger partial charge < -0.3 is 19.7 Å². The lowest BCUT2D eigenvalue weighted by atomic mass is 10.2. The highest BCUT2D eigenvalue weighted by Crippen LogP contribution is 2.22. The zero-order valence-corrected chi connectivity index (χ0v) is 18.1. The first-order valence-corrected chi connectivity index (χ1v) is 11.1. The molecule has 1 saturated heterocycles. The van der Waals surface area contributed by atoms with Crippen LogP contribution in [-0.2, 0) is 7.05 Å². The van der Waals surface area contributed by atoms with E-state index in [9.17, 15) is 9.59 Å². The zero-order valence-electron chi connectivity index (χ0n) is 17.3. The molecule has 0 aliphatic carbocycles. The lowest BCUT2D eigenvalue weighted by Crippen LogP contribution is -2.48. The van der Waals surface area contributed by atoms with Crippen LogP contribution in [0.1, 0.15) is 30.3 Å². The van der Waals surface area contributed by atoms with E-state index in [2.05, 4.69) is 32.0 Å². The standard InChI is InChI=1S/C21H26N6O2S/c1-3-4-8-22-19(28)16-6-5-15(14-23-16)26-9-11-27(12-10-26)21-24-20(29)18-17(25(21)2)7-13-30-18/h5-7,13-14H,3-4,8-12H2,1-2H3,(H,22,28). The molecule has 1 aliphatic heterocycles. The SMILES string of the molecule is CCCCNC(=O)c1ccc(N2CCN(c3nc(=O)c4sccc4n3C)CC2)cn1. The minimum atomic E-state index is -0.160. The van der Waals surface area contributed by atoms with Crippen LogP contribution in [0.2, 0.25) is 0 Å². The van der Waals surface area contributed by atoms with E-state index in [-0.39, 0.29) is 11.5 Å². The second-order valence-electron chi connectivity index (χ2n) is 7.40. The van der Waals surface area contributed by atoms with Gasteiger partial charge in [-0.05, 0) is 30.0 Å². The Labute approximate surface area is 179 Å².